The Kier molecular flexibility index (Phi) is 6.74. The highest BCUT2D eigenvalue weighted by atomic mass is 19.1. The number of amides is 2. The molecule has 2 amide bonds. The van der Waals surface area contributed by atoms with E-state index in [1.807, 2.05) is 18.2 Å². The maximum absolute atomic E-state index is 13.3. The van der Waals surface area contributed by atoms with E-state index in [-0.39, 0.29) is 6.61 Å². The van der Waals surface area contributed by atoms with Crippen LogP contribution in [-0.4, -0.2) is 82.1 Å². The summed E-state index contributed by atoms with van der Waals surface area (Å²) in [6.07, 6.45) is -1.35. The van der Waals surface area contributed by atoms with Crippen LogP contribution in [0.3, 0.4) is 0 Å². The number of carbonyl (C=O) groups excluding carboxylic acids is 2. The van der Waals surface area contributed by atoms with Crippen molar-refractivity contribution in [1.29, 1.82) is 0 Å². The number of piperazine rings is 1. The molecule has 0 aliphatic carbocycles. The molecular formula is C25H29FN4O5. The van der Waals surface area contributed by atoms with E-state index in [4.69, 9.17) is 14.2 Å². The number of anilines is 1. The van der Waals surface area contributed by atoms with Crippen LogP contribution in [0.2, 0.25) is 0 Å². The minimum atomic E-state index is -0.738. The third-order valence-electron chi connectivity index (χ3n) is 6.78. The number of nitrogens with one attached hydrogen (secondary N) is 2. The molecule has 2 aromatic rings. The van der Waals surface area contributed by atoms with E-state index >= 15 is 0 Å². The molecule has 3 aliphatic heterocycles. The van der Waals surface area contributed by atoms with Crippen molar-refractivity contribution in [2.24, 2.45) is 0 Å². The topological polar surface area (TPSA) is 92.4 Å². The summed E-state index contributed by atoms with van der Waals surface area (Å²) in [4.78, 5) is 29.8. The molecule has 186 valence electrons. The average molecular weight is 485 g/mol. The number of hydrogen-bond donors (Lipinski definition) is 2. The number of benzene rings is 2. The van der Waals surface area contributed by atoms with Gasteiger partial charge in [0.1, 0.15) is 18.2 Å². The molecule has 0 bridgehead atoms. The Balaban J connectivity index is 1.38. The summed E-state index contributed by atoms with van der Waals surface area (Å²) in [5.74, 6) is -0.191. The second kappa shape index (κ2) is 10.1. The van der Waals surface area contributed by atoms with E-state index in [0.717, 1.165) is 50.6 Å². The highest BCUT2D eigenvalue weighted by molar-refractivity contribution is 5.94. The number of ether oxygens (including phenoxy) is 3. The molecule has 35 heavy (non-hydrogen) atoms. The zero-order valence-electron chi connectivity index (χ0n) is 19.5. The minimum Gasteiger partial charge on any atom is -0.489 e. The fourth-order valence-corrected chi connectivity index (χ4v) is 4.65. The van der Waals surface area contributed by atoms with E-state index < -0.39 is 30.0 Å². The standard InChI is InChI=1S/C25H29FN4O5/c1-27-25(32)35-22-15-34-21-7-6-18(29-8-10-30(11-9-29)19-13-33-14-19)12-20(21)23(22)28-24(31)16-2-4-17(26)5-3-16/h2-7,12,19,22-23H,8-11,13-15H2,1H3,(H,27,32)(H,28,31). The monoisotopic (exact) mass is 484 g/mol. The van der Waals surface area contributed by atoms with Crippen molar-refractivity contribution in [3.63, 3.8) is 0 Å². The first-order valence-electron chi connectivity index (χ1n) is 11.8. The van der Waals surface area contributed by atoms with Gasteiger partial charge in [0, 0.05) is 50.0 Å². The Morgan fingerprint density at radius 2 is 1.77 bits per heavy atom. The lowest BCUT2D eigenvalue weighted by Gasteiger charge is -2.43. The van der Waals surface area contributed by atoms with Gasteiger partial charge in [-0.05, 0) is 42.5 Å². The van der Waals surface area contributed by atoms with Gasteiger partial charge in [0.2, 0.25) is 0 Å². The largest absolute Gasteiger partial charge is 0.489 e. The quantitative estimate of drug-likeness (QED) is 0.670. The first-order chi connectivity index (χ1) is 17.0. The van der Waals surface area contributed by atoms with Crippen LogP contribution in [0.15, 0.2) is 42.5 Å². The van der Waals surface area contributed by atoms with Crippen molar-refractivity contribution in [3.8, 4) is 5.75 Å². The van der Waals surface area contributed by atoms with E-state index in [1.165, 1.54) is 31.3 Å². The summed E-state index contributed by atoms with van der Waals surface area (Å²) in [7, 11) is 1.47. The molecule has 5 rings (SSSR count). The molecule has 3 heterocycles. The fourth-order valence-electron chi connectivity index (χ4n) is 4.65. The van der Waals surface area contributed by atoms with Crippen LogP contribution in [0.25, 0.3) is 0 Å². The number of alkyl carbamates (subject to hydrolysis) is 1. The highest BCUT2D eigenvalue weighted by Gasteiger charge is 2.36. The van der Waals surface area contributed by atoms with Crippen LogP contribution >= 0.6 is 0 Å². The second-order valence-corrected chi connectivity index (χ2v) is 8.90. The Morgan fingerprint density at radius 1 is 1.03 bits per heavy atom. The maximum atomic E-state index is 13.3. The molecule has 0 aromatic heterocycles. The van der Waals surface area contributed by atoms with Crippen LogP contribution in [0.5, 0.6) is 5.75 Å². The molecule has 2 saturated heterocycles. The van der Waals surface area contributed by atoms with Gasteiger partial charge < -0.3 is 29.7 Å². The van der Waals surface area contributed by atoms with Gasteiger partial charge >= 0.3 is 6.09 Å². The molecule has 2 unspecified atom stereocenters. The van der Waals surface area contributed by atoms with Gasteiger partial charge in [-0.25, -0.2) is 9.18 Å². The lowest BCUT2D eigenvalue weighted by atomic mass is 9.96. The lowest BCUT2D eigenvalue weighted by molar-refractivity contribution is -0.0660. The zero-order chi connectivity index (χ0) is 24.4. The van der Waals surface area contributed by atoms with Gasteiger partial charge in [0.15, 0.2) is 6.10 Å². The number of rotatable bonds is 5. The first-order valence-corrected chi connectivity index (χ1v) is 11.8. The Hall–Kier alpha value is -3.37. The minimum absolute atomic E-state index is 0.0935. The SMILES string of the molecule is CNC(=O)OC1COc2ccc(N3CCN(C4COC4)CC3)cc2C1NC(=O)c1ccc(F)cc1. The van der Waals surface area contributed by atoms with Crippen molar-refractivity contribution in [2.75, 3.05) is 57.9 Å². The van der Waals surface area contributed by atoms with E-state index in [1.54, 1.807) is 0 Å². The highest BCUT2D eigenvalue weighted by Crippen LogP contribution is 2.37. The summed E-state index contributed by atoms with van der Waals surface area (Å²) >= 11 is 0. The summed E-state index contributed by atoms with van der Waals surface area (Å²) in [5.41, 5.74) is 2.05. The van der Waals surface area contributed by atoms with Crippen molar-refractivity contribution in [2.45, 2.75) is 18.2 Å². The summed E-state index contributed by atoms with van der Waals surface area (Å²) in [5, 5.41) is 5.41. The van der Waals surface area contributed by atoms with Crippen LogP contribution in [0, 0.1) is 5.82 Å². The molecule has 9 nitrogen and oxygen atoms in total. The number of fused-ring (bicyclic) bond motifs is 1. The Morgan fingerprint density at radius 3 is 2.43 bits per heavy atom. The maximum Gasteiger partial charge on any atom is 0.407 e. The predicted octanol–water partition coefficient (Wildman–Crippen LogP) is 1.93. The molecule has 10 heteroatoms. The Bertz CT molecular complexity index is 1070. The van der Waals surface area contributed by atoms with Crippen molar-refractivity contribution < 1.29 is 28.2 Å². The molecule has 0 radical (unpaired) electrons. The molecule has 2 fully saturated rings. The van der Waals surface area contributed by atoms with E-state index in [9.17, 15) is 14.0 Å². The second-order valence-electron chi connectivity index (χ2n) is 8.90. The molecule has 3 aliphatic rings. The van der Waals surface area contributed by atoms with Gasteiger partial charge in [-0.15, -0.1) is 0 Å². The van der Waals surface area contributed by atoms with Crippen molar-refractivity contribution in [1.82, 2.24) is 15.5 Å². The third-order valence-corrected chi connectivity index (χ3v) is 6.78. The molecular weight excluding hydrogens is 455 g/mol. The molecule has 0 spiro atoms. The summed E-state index contributed by atoms with van der Waals surface area (Å²) in [6.45, 7) is 5.36. The van der Waals surface area contributed by atoms with Crippen LogP contribution in [-0.2, 0) is 9.47 Å². The number of carbonyl (C=O) groups is 2. The molecule has 2 aromatic carbocycles. The summed E-state index contributed by atoms with van der Waals surface area (Å²) in [6, 6.07) is 11.1. The molecule has 2 N–H and O–H groups in total. The Labute approximate surface area is 203 Å². The van der Waals surface area contributed by atoms with Crippen LogP contribution in [0.1, 0.15) is 22.0 Å². The smallest absolute Gasteiger partial charge is 0.407 e. The lowest BCUT2D eigenvalue weighted by Crippen LogP contribution is -2.56. The van der Waals surface area contributed by atoms with Crippen LogP contribution in [0.4, 0.5) is 14.9 Å². The van der Waals surface area contributed by atoms with Crippen molar-refractivity contribution in [3.05, 3.63) is 59.4 Å². The zero-order valence-corrected chi connectivity index (χ0v) is 19.5. The number of halogens is 1. The normalized spacial score (nSPS) is 22.4. The molecule has 2 atom stereocenters. The van der Waals surface area contributed by atoms with Gasteiger partial charge in [-0.2, -0.15) is 0 Å². The van der Waals surface area contributed by atoms with Gasteiger partial charge in [-0.1, -0.05) is 0 Å². The third kappa shape index (κ3) is 5.03. The van der Waals surface area contributed by atoms with Gasteiger partial charge in [0.25, 0.3) is 5.91 Å². The first kappa shape index (κ1) is 23.4. The average Bonchev–Trinajstić information content (AvgIpc) is 2.85. The van der Waals surface area contributed by atoms with Gasteiger partial charge in [-0.3, -0.25) is 9.69 Å². The van der Waals surface area contributed by atoms with Crippen molar-refractivity contribution >= 4 is 17.7 Å². The van der Waals surface area contributed by atoms with Crippen LogP contribution < -0.4 is 20.3 Å². The van der Waals surface area contributed by atoms with E-state index in [2.05, 4.69) is 20.4 Å². The fraction of sp³-hybridized carbons (Fsp3) is 0.440. The predicted molar refractivity (Wildman–Crippen MR) is 126 cm³/mol. The van der Waals surface area contributed by atoms with Gasteiger partial charge in [0.05, 0.1) is 25.3 Å². The number of hydrogen-bond acceptors (Lipinski definition) is 7. The summed E-state index contributed by atoms with van der Waals surface area (Å²) < 4.78 is 30.1. The van der Waals surface area contributed by atoms with E-state index in [0.29, 0.717) is 17.4 Å². The number of nitrogens with zero attached hydrogens (tertiary/aromatic N) is 2. The molecule has 0 saturated carbocycles.